The molecule has 2 N–H and O–H groups in total. The Morgan fingerprint density at radius 1 is 1.50 bits per heavy atom. The molecule has 0 aromatic heterocycles. The first kappa shape index (κ1) is 10.3. The van der Waals surface area contributed by atoms with Crippen LogP contribution in [-0.2, 0) is 17.6 Å². The summed E-state index contributed by atoms with van der Waals surface area (Å²) < 4.78 is 0. The normalized spacial score (nSPS) is 9.71. The molecule has 74 valence electrons. The van der Waals surface area contributed by atoms with Gasteiger partial charge in [0, 0.05) is 5.56 Å². The molecule has 0 saturated heterocycles. The number of hydrogen-bond donors (Lipinski definition) is 2. The number of rotatable bonds is 4. The summed E-state index contributed by atoms with van der Waals surface area (Å²) in [5.74, 6) is -0.913. The summed E-state index contributed by atoms with van der Waals surface area (Å²) in [6, 6.07) is 4.99. The van der Waals surface area contributed by atoms with E-state index in [4.69, 9.17) is 5.11 Å². The molecule has 1 aromatic carbocycles. The molecule has 3 nitrogen and oxygen atoms in total. The summed E-state index contributed by atoms with van der Waals surface area (Å²) in [5.41, 5.74) is 1.36. The third kappa shape index (κ3) is 2.62. The molecule has 0 aliphatic carbocycles. The van der Waals surface area contributed by atoms with E-state index >= 15 is 0 Å². The molecule has 0 unspecified atom stereocenters. The van der Waals surface area contributed by atoms with Crippen molar-refractivity contribution < 1.29 is 15.0 Å². The molecule has 0 radical (unpaired) electrons. The number of aromatic hydroxyl groups is 1. The predicted octanol–water partition coefficient (Wildman–Crippen LogP) is 1.75. The molecule has 0 amide bonds. The molecule has 0 fully saturated rings. The van der Waals surface area contributed by atoms with Crippen LogP contribution in [-0.4, -0.2) is 16.2 Å². The standard InChI is InChI=1S/C11H12O3/c1-2-3-8-4-5-9(7-11(13)14)10(12)6-8/h2,4-6,12H,1,3,7H2,(H,13,14). The molecule has 14 heavy (non-hydrogen) atoms. The fourth-order valence-corrected chi connectivity index (χ4v) is 1.22. The van der Waals surface area contributed by atoms with Crippen molar-refractivity contribution in [3.8, 4) is 5.75 Å². The molecule has 0 aliphatic rings. The number of hydrogen-bond acceptors (Lipinski definition) is 2. The van der Waals surface area contributed by atoms with Gasteiger partial charge in [0.15, 0.2) is 0 Å². The first-order valence-corrected chi connectivity index (χ1v) is 4.27. The van der Waals surface area contributed by atoms with E-state index in [1.54, 1.807) is 24.3 Å². The van der Waals surface area contributed by atoms with Crippen molar-refractivity contribution in [3.63, 3.8) is 0 Å². The number of phenolic OH excluding ortho intramolecular Hbond substituents is 1. The van der Waals surface area contributed by atoms with Crippen molar-refractivity contribution in [1.29, 1.82) is 0 Å². The Morgan fingerprint density at radius 2 is 2.21 bits per heavy atom. The SMILES string of the molecule is C=CCc1ccc(CC(=O)O)c(O)c1. The molecular formula is C11H12O3. The lowest BCUT2D eigenvalue weighted by molar-refractivity contribution is -0.136. The van der Waals surface area contributed by atoms with Gasteiger partial charge in [-0.05, 0) is 18.1 Å². The minimum Gasteiger partial charge on any atom is -0.508 e. The lowest BCUT2D eigenvalue weighted by Gasteiger charge is -2.03. The largest absolute Gasteiger partial charge is 0.508 e. The van der Waals surface area contributed by atoms with Crippen molar-refractivity contribution >= 4 is 5.97 Å². The van der Waals surface area contributed by atoms with Crippen LogP contribution in [0.5, 0.6) is 5.75 Å². The minimum absolute atomic E-state index is 0.0340. The summed E-state index contributed by atoms with van der Waals surface area (Å²) in [5, 5.41) is 18.0. The van der Waals surface area contributed by atoms with E-state index in [1.165, 1.54) is 0 Å². The van der Waals surface area contributed by atoms with Crippen molar-refractivity contribution in [2.24, 2.45) is 0 Å². The number of carbonyl (C=O) groups is 1. The van der Waals surface area contributed by atoms with Crippen molar-refractivity contribution in [2.75, 3.05) is 0 Å². The smallest absolute Gasteiger partial charge is 0.307 e. The van der Waals surface area contributed by atoms with Gasteiger partial charge >= 0.3 is 5.97 Å². The molecule has 0 bridgehead atoms. The van der Waals surface area contributed by atoms with Gasteiger partial charge in [-0.15, -0.1) is 6.58 Å². The average molecular weight is 192 g/mol. The summed E-state index contributed by atoms with van der Waals surface area (Å²) in [4.78, 5) is 10.4. The van der Waals surface area contributed by atoms with Gasteiger partial charge in [-0.1, -0.05) is 18.2 Å². The van der Waals surface area contributed by atoms with E-state index in [0.29, 0.717) is 12.0 Å². The van der Waals surface area contributed by atoms with Gasteiger partial charge in [0.25, 0.3) is 0 Å². The van der Waals surface area contributed by atoms with Gasteiger partial charge in [-0.25, -0.2) is 0 Å². The van der Waals surface area contributed by atoms with Gasteiger partial charge in [-0.2, -0.15) is 0 Å². The van der Waals surface area contributed by atoms with Crippen LogP contribution in [0, 0.1) is 0 Å². The minimum atomic E-state index is -0.947. The second kappa shape index (κ2) is 4.46. The van der Waals surface area contributed by atoms with Crippen LogP contribution in [0.3, 0.4) is 0 Å². The number of benzene rings is 1. The molecule has 0 spiro atoms. The van der Waals surface area contributed by atoms with Crippen LogP contribution in [0.4, 0.5) is 0 Å². The number of carboxylic acid groups (broad SMARTS) is 1. The van der Waals surface area contributed by atoms with Crippen LogP contribution >= 0.6 is 0 Å². The highest BCUT2D eigenvalue weighted by atomic mass is 16.4. The number of carboxylic acids is 1. The predicted molar refractivity (Wildman–Crippen MR) is 53.3 cm³/mol. The molecule has 1 rings (SSSR count). The first-order valence-electron chi connectivity index (χ1n) is 4.27. The van der Waals surface area contributed by atoms with Crippen molar-refractivity contribution in [2.45, 2.75) is 12.8 Å². The van der Waals surface area contributed by atoms with Crippen LogP contribution < -0.4 is 0 Å². The Labute approximate surface area is 82.3 Å². The Balaban J connectivity index is 2.89. The fourth-order valence-electron chi connectivity index (χ4n) is 1.22. The second-order valence-corrected chi connectivity index (χ2v) is 3.03. The van der Waals surface area contributed by atoms with Gasteiger partial charge in [0.05, 0.1) is 6.42 Å². The lowest BCUT2D eigenvalue weighted by Crippen LogP contribution is -2.00. The second-order valence-electron chi connectivity index (χ2n) is 3.03. The quantitative estimate of drug-likeness (QED) is 0.714. The Bertz CT molecular complexity index is 356. The zero-order chi connectivity index (χ0) is 10.6. The van der Waals surface area contributed by atoms with E-state index in [0.717, 1.165) is 5.56 Å². The third-order valence-corrected chi connectivity index (χ3v) is 1.87. The zero-order valence-electron chi connectivity index (χ0n) is 7.73. The summed E-state index contributed by atoms with van der Waals surface area (Å²) >= 11 is 0. The van der Waals surface area contributed by atoms with E-state index in [-0.39, 0.29) is 12.2 Å². The van der Waals surface area contributed by atoms with Crippen LogP contribution in [0.15, 0.2) is 30.9 Å². The zero-order valence-corrected chi connectivity index (χ0v) is 7.73. The van der Waals surface area contributed by atoms with Crippen molar-refractivity contribution in [3.05, 3.63) is 42.0 Å². The number of phenols is 1. The maximum Gasteiger partial charge on any atom is 0.307 e. The third-order valence-electron chi connectivity index (χ3n) is 1.87. The van der Waals surface area contributed by atoms with E-state index in [2.05, 4.69) is 6.58 Å². The van der Waals surface area contributed by atoms with Crippen LogP contribution in [0.25, 0.3) is 0 Å². The summed E-state index contributed by atoms with van der Waals surface area (Å²) in [6.07, 6.45) is 2.24. The first-order chi connectivity index (χ1) is 6.63. The summed E-state index contributed by atoms with van der Waals surface area (Å²) in [6.45, 7) is 3.58. The van der Waals surface area contributed by atoms with Gasteiger partial charge in [-0.3, -0.25) is 4.79 Å². The van der Waals surface area contributed by atoms with Crippen molar-refractivity contribution in [1.82, 2.24) is 0 Å². The molecule has 0 heterocycles. The highest BCUT2D eigenvalue weighted by molar-refractivity contribution is 5.71. The Kier molecular flexibility index (Phi) is 3.29. The molecule has 0 saturated carbocycles. The Hall–Kier alpha value is -1.77. The molecule has 0 aliphatic heterocycles. The topological polar surface area (TPSA) is 57.5 Å². The maximum atomic E-state index is 10.4. The highest BCUT2D eigenvalue weighted by Crippen LogP contribution is 2.19. The maximum absolute atomic E-state index is 10.4. The fraction of sp³-hybridized carbons (Fsp3) is 0.182. The number of allylic oxidation sites excluding steroid dienone is 1. The van der Waals surface area contributed by atoms with Crippen LogP contribution in [0.2, 0.25) is 0 Å². The highest BCUT2D eigenvalue weighted by Gasteiger charge is 2.06. The van der Waals surface area contributed by atoms with E-state index < -0.39 is 5.97 Å². The average Bonchev–Trinajstić information content (AvgIpc) is 2.10. The summed E-state index contributed by atoms with van der Waals surface area (Å²) in [7, 11) is 0. The lowest BCUT2D eigenvalue weighted by atomic mass is 10.1. The van der Waals surface area contributed by atoms with Gasteiger partial charge in [0.2, 0.25) is 0 Å². The van der Waals surface area contributed by atoms with Gasteiger partial charge < -0.3 is 10.2 Å². The molecular weight excluding hydrogens is 180 g/mol. The van der Waals surface area contributed by atoms with E-state index in [9.17, 15) is 9.90 Å². The van der Waals surface area contributed by atoms with Crippen LogP contribution in [0.1, 0.15) is 11.1 Å². The monoisotopic (exact) mass is 192 g/mol. The molecule has 0 atom stereocenters. The van der Waals surface area contributed by atoms with Gasteiger partial charge in [0.1, 0.15) is 5.75 Å². The number of aliphatic carboxylic acids is 1. The molecule has 3 heteroatoms. The Morgan fingerprint density at radius 3 is 2.71 bits per heavy atom. The van der Waals surface area contributed by atoms with E-state index in [1.807, 2.05) is 0 Å². The molecule has 1 aromatic rings.